The third-order valence-electron chi connectivity index (χ3n) is 2.25. The van der Waals surface area contributed by atoms with E-state index in [1.807, 2.05) is 6.07 Å². The van der Waals surface area contributed by atoms with Gasteiger partial charge in [-0.3, -0.25) is 0 Å². The summed E-state index contributed by atoms with van der Waals surface area (Å²) in [6.07, 6.45) is 3.46. The third kappa shape index (κ3) is 4.79. The van der Waals surface area contributed by atoms with Crippen LogP contribution >= 0.6 is 11.6 Å². The van der Waals surface area contributed by atoms with Gasteiger partial charge in [-0.1, -0.05) is 11.6 Å². The fourth-order valence-corrected chi connectivity index (χ4v) is 1.58. The molecule has 0 fully saturated rings. The second kappa shape index (κ2) is 7.44. The average Bonchev–Trinajstić information content (AvgIpc) is 2.28. The number of anilines is 1. The second-order valence-corrected chi connectivity index (χ2v) is 3.98. The minimum atomic E-state index is 0.571. The van der Waals surface area contributed by atoms with Crippen molar-refractivity contribution in [3.8, 4) is 0 Å². The van der Waals surface area contributed by atoms with Gasteiger partial charge < -0.3 is 15.8 Å². The maximum Gasteiger partial charge on any atom is 0.126 e. The number of aromatic nitrogens is 1. The van der Waals surface area contributed by atoms with Crippen molar-refractivity contribution >= 4 is 17.4 Å². The van der Waals surface area contributed by atoms with Crippen LogP contribution < -0.4 is 11.1 Å². The number of nitrogens with zero attached hydrogens (tertiary/aromatic N) is 1. The van der Waals surface area contributed by atoms with Crippen molar-refractivity contribution in [2.75, 3.05) is 32.5 Å². The summed E-state index contributed by atoms with van der Waals surface area (Å²) in [6.45, 7) is 2.55. The zero-order valence-electron chi connectivity index (χ0n) is 9.50. The van der Waals surface area contributed by atoms with Crippen LogP contribution in [0.4, 0.5) is 5.82 Å². The second-order valence-electron chi connectivity index (χ2n) is 3.54. The number of hydrogen-bond acceptors (Lipinski definition) is 4. The quantitative estimate of drug-likeness (QED) is 0.713. The van der Waals surface area contributed by atoms with E-state index in [2.05, 4.69) is 10.3 Å². The summed E-state index contributed by atoms with van der Waals surface area (Å²) < 4.78 is 4.93. The zero-order valence-corrected chi connectivity index (χ0v) is 10.3. The molecule has 16 heavy (non-hydrogen) atoms. The average molecular weight is 244 g/mol. The van der Waals surface area contributed by atoms with E-state index < -0.39 is 0 Å². The lowest BCUT2D eigenvalue weighted by Crippen LogP contribution is -2.20. The van der Waals surface area contributed by atoms with Crippen LogP contribution in [0.1, 0.15) is 12.0 Å². The largest absolute Gasteiger partial charge is 0.383 e. The number of ether oxygens (including phenoxy) is 1. The van der Waals surface area contributed by atoms with Gasteiger partial charge in [-0.15, -0.1) is 0 Å². The number of rotatable bonds is 7. The number of nitrogen functional groups attached to an aromatic ring is 1. The molecule has 0 aliphatic heterocycles. The molecule has 0 amide bonds. The van der Waals surface area contributed by atoms with Crippen LogP contribution in [0.2, 0.25) is 5.02 Å². The molecular weight excluding hydrogens is 226 g/mol. The summed E-state index contributed by atoms with van der Waals surface area (Å²) >= 11 is 5.85. The Hall–Kier alpha value is -0.840. The molecule has 0 unspecified atom stereocenters. The van der Waals surface area contributed by atoms with Crippen molar-refractivity contribution in [2.45, 2.75) is 12.8 Å². The molecule has 0 atom stereocenters. The molecule has 0 aromatic carbocycles. The van der Waals surface area contributed by atoms with Gasteiger partial charge in [0.15, 0.2) is 0 Å². The maximum atomic E-state index is 5.85. The molecule has 5 heteroatoms. The first-order valence-electron chi connectivity index (χ1n) is 5.33. The Morgan fingerprint density at radius 1 is 1.50 bits per heavy atom. The highest BCUT2D eigenvalue weighted by Gasteiger charge is 2.01. The molecule has 1 rings (SSSR count). The number of halogens is 1. The molecule has 1 aromatic heterocycles. The van der Waals surface area contributed by atoms with Crippen LogP contribution in [0.3, 0.4) is 0 Å². The minimum Gasteiger partial charge on any atom is -0.383 e. The molecule has 0 aliphatic rings. The third-order valence-corrected chi connectivity index (χ3v) is 2.46. The molecule has 4 nitrogen and oxygen atoms in total. The minimum absolute atomic E-state index is 0.571. The van der Waals surface area contributed by atoms with Gasteiger partial charge >= 0.3 is 0 Å². The summed E-state index contributed by atoms with van der Waals surface area (Å²) in [5.74, 6) is 0.571. The molecule has 0 radical (unpaired) electrons. The van der Waals surface area contributed by atoms with E-state index in [1.54, 1.807) is 13.3 Å². The summed E-state index contributed by atoms with van der Waals surface area (Å²) in [5.41, 5.74) is 6.76. The van der Waals surface area contributed by atoms with Crippen molar-refractivity contribution in [3.63, 3.8) is 0 Å². The molecule has 0 aliphatic carbocycles. The summed E-state index contributed by atoms with van der Waals surface area (Å²) in [6, 6.07) is 1.87. The Kier molecular flexibility index (Phi) is 6.15. The Labute approximate surface area is 101 Å². The van der Waals surface area contributed by atoms with E-state index in [0.717, 1.165) is 38.1 Å². The number of methoxy groups -OCH3 is 1. The van der Waals surface area contributed by atoms with Crippen LogP contribution in [0.15, 0.2) is 12.3 Å². The normalized spacial score (nSPS) is 10.6. The fourth-order valence-electron chi connectivity index (χ4n) is 1.40. The van der Waals surface area contributed by atoms with Crippen LogP contribution in [-0.4, -0.2) is 31.8 Å². The highest BCUT2D eigenvalue weighted by Crippen LogP contribution is 2.16. The summed E-state index contributed by atoms with van der Waals surface area (Å²) in [4.78, 5) is 4.01. The lowest BCUT2D eigenvalue weighted by atomic mass is 10.1. The Morgan fingerprint density at radius 2 is 2.31 bits per heavy atom. The van der Waals surface area contributed by atoms with E-state index in [4.69, 9.17) is 22.1 Å². The number of aryl methyl sites for hydroxylation is 1. The first-order valence-corrected chi connectivity index (χ1v) is 5.71. The first-order chi connectivity index (χ1) is 7.74. The van der Waals surface area contributed by atoms with Gasteiger partial charge in [-0.05, 0) is 31.0 Å². The van der Waals surface area contributed by atoms with E-state index in [-0.39, 0.29) is 0 Å². The lowest BCUT2D eigenvalue weighted by Gasteiger charge is -2.06. The topological polar surface area (TPSA) is 60.2 Å². The number of nitrogens with two attached hydrogens (primary N) is 1. The zero-order chi connectivity index (χ0) is 11.8. The molecule has 0 saturated carbocycles. The van der Waals surface area contributed by atoms with E-state index >= 15 is 0 Å². The highest BCUT2D eigenvalue weighted by atomic mass is 35.5. The van der Waals surface area contributed by atoms with Crippen LogP contribution in [0, 0.1) is 0 Å². The number of nitrogens with one attached hydrogen (secondary N) is 1. The summed E-state index contributed by atoms with van der Waals surface area (Å²) in [5, 5.41) is 3.91. The molecule has 0 bridgehead atoms. The predicted molar refractivity (Wildman–Crippen MR) is 66.7 cm³/mol. The van der Waals surface area contributed by atoms with Crippen LogP contribution in [0.5, 0.6) is 0 Å². The van der Waals surface area contributed by atoms with Gasteiger partial charge in [0.2, 0.25) is 0 Å². The fraction of sp³-hybridized carbons (Fsp3) is 0.545. The van der Waals surface area contributed by atoms with E-state index in [1.165, 1.54) is 0 Å². The standard InChI is InChI=1S/C11H18ClN3O/c1-16-6-5-14-4-2-3-9-7-10(12)8-15-11(9)13/h7-8,14H,2-6H2,1H3,(H2,13,15). The predicted octanol–water partition coefficient (Wildman–Crippen LogP) is 1.49. The van der Waals surface area contributed by atoms with Gasteiger partial charge in [-0.25, -0.2) is 4.98 Å². The number of pyridine rings is 1. The molecule has 0 saturated heterocycles. The van der Waals surface area contributed by atoms with Crippen molar-refractivity contribution in [1.82, 2.24) is 10.3 Å². The van der Waals surface area contributed by atoms with E-state index in [9.17, 15) is 0 Å². The van der Waals surface area contributed by atoms with Crippen molar-refractivity contribution in [1.29, 1.82) is 0 Å². The van der Waals surface area contributed by atoms with Gasteiger partial charge in [0.05, 0.1) is 11.6 Å². The number of hydrogen-bond donors (Lipinski definition) is 2. The smallest absolute Gasteiger partial charge is 0.126 e. The molecule has 0 spiro atoms. The van der Waals surface area contributed by atoms with Crippen molar-refractivity contribution < 1.29 is 4.74 Å². The first kappa shape index (κ1) is 13.2. The molecule has 1 heterocycles. The Bertz CT molecular complexity index is 320. The Morgan fingerprint density at radius 3 is 3.06 bits per heavy atom. The highest BCUT2D eigenvalue weighted by molar-refractivity contribution is 6.30. The summed E-state index contributed by atoms with van der Waals surface area (Å²) in [7, 11) is 1.69. The van der Waals surface area contributed by atoms with Crippen molar-refractivity contribution in [3.05, 3.63) is 22.8 Å². The molecule has 3 N–H and O–H groups in total. The molecular formula is C11H18ClN3O. The van der Waals surface area contributed by atoms with Crippen LogP contribution in [0.25, 0.3) is 0 Å². The van der Waals surface area contributed by atoms with Gasteiger partial charge in [-0.2, -0.15) is 0 Å². The maximum absolute atomic E-state index is 5.85. The van der Waals surface area contributed by atoms with Crippen molar-refractivity contribution in [2.24, 2.45) is 0 Å². The SMILES string of the molecule is COCCNCCCc1cc(Cl)cnc1N. The van der Waals surface area contributed by atoms with Gasteiger partial charge in [0.1, 0.15) is 5.82 Å². The van der Waals surface area contributed by atoms with Gasteiger partial charge in [0, 0.05) is 19.9 Å². The lowest BCUT2D eigenvalue weighted by molar-refractivity contribution is 0.199. The molecule has 90 valence electrons. The van der Waals surface area contributed by atoms with Gasteiger partial charge in [0.25, 0.3) is 0 Å². The molecule has 1 aromatic rings. The van der Waals surface area contributed by atoms with Crippen LogP contribution in [-0.2, 0) is 11.2 Å². The monoisotopic (exact) mass is 243 g/mol. The Balaban J connectivity index is 2.23. The van der Waals surface area contributed by atoms with E-state index in [0.29, 0.717) is 10.8 Å².